The van der Waals surface area contributed by atoms with E-state index in [0.29, 0.717) is 23.0 Å². The number of likely N-dealkylation sites (tertiary alicyclic amines) is 1. The Labute approximate surface area is 152 Å². The van der Waals surface area contributed by atoms with Gasteiger partial charge in [0.1, 0.15) is 0 Å². The summed E-state index contributed by atoms with van der Waals surface area (Å²) >= 11 is 5.85. The van der Waals surface area contributed by atoms with E-state index in [1.54, 1.807) is 35.2 Å². The van der Waals surface area contributed by atoms with E-state index in [4.69, 9.17) is 16.1 Å². The van der Waals surface area contributed by atoms with E-state index in [9.17, 15) is 9.59 Å². The van der Waals surface area contributed by atoms with Gasteiger partial charge in [-0.15, -0.1) is 4.68 Å². The van der Waals surface area contributed by atoms with Crippen molar-refractivity contribution >= 4 is 17.6 Å². The standard InChI is InChI=1S/C16H15ClN6O3/c1-10-9-14(26-18-10)13-3-2-8-21(13)15(24)23-16(25)22(19-20-23)12-6-4-11(17)5-7-12/h4-7,9,13H,2-3,8H2,1H3. The number of hydrogen-bond acceptors (Lipinski definition) is 6. The van der Waals surface area contributed by atoms with Crippen molar-refractivity contribution in [1.29, 1.82) is 0 Å². The molecular formula is C16H15ClN6O3. The molecule has 0 aliphatic carbocycles. The highest BCUT2D eigenvalue weighted by Gasteiger charge is 2.35. The molecule has 9 nitrogen and oxygen atoms in total. The van der Waals surface area contributed by atoms with E-state index < -0.39 is 11.7 Å². The van der Waals surface area contributed by atoms with E-state index in [2.05, 4.69) is 15.6 Å². The van der Waals surface area contributed by atoms with Crippen LogP contribution in [-0.2, 0) is 0 Å². The molecule has 0 radical (unpaired) electrons. The number of carbonyl (C=O) groups is 1. The van der Waals surface area contributed by atoms with Crippen molar-refractivity contribution in [2.75, 3.05) is 6.54 Å². The lowest BCUT2D eigenvalue weighted by atomic mass is 10.1. The minimum Gasteiger partial charge on any atom is -0.359 e. The largest absolute Gasteiger partial charge is 0.377 e. The smallest absolute Gasteiger partial charge is 0.359 e. The Morgan fingerprint density at radius 3 is 2.73 bits per heavy atom. The summed E-state index contributed by atoms with van der Waals surface area (Å²) in [4.78, 5) is 27.0. The molecule has 1 aliphatic heterocycles. The molecular weight excluding hydrogens is 360 g/mol. The summed E-state index contributed by atoms with van der Waals surface area (Å²) in [5.41, 5.74) is 0.573. The van der Waals surface area contributed by atoms with Crippen molar-refractivity contribution < 1.29 is 9.32 Å². The van der Waals surface area contributed by atoms with Gasteiger partial charge in [-0.2, -0.15) is 4.68 Å². The molecule has 3 aromatic rings. The van der Waals surface area contributed by atoms with Crippen LogP contribution in [0.2, 0.25) is 5.02 Å². The summed E-state index contributed by atoms with van der Waals surface area (Å²) < 4.78 is 7.11. The summed E-state index contributed by atoms with van der Waals surface area (Å²) in [6, 6.07) is 7.51. The second kappa shape index (κ2) is 6.41. The third-order valence-corrected chi connectivity index (χ3v) is 4.56. The number of nitrogens with zero attached hydrogens (tertiary/aromatic N) is 6. The van der Waals surface area contributed by atoms with Crippen LogP contribution < -0.4 is 5.69 Å². The van der Waals surface area contributed by atoms with Crippen molar-refractivity contribution in [1.82, 2.24) is 29.8 Å². The second-order valence-electron chi connectivity index (χ2n) is 6.07. The van der Waals surface area contributed by atoms with E-state index >= 15 is 0 Å². The SMILES string of the molecule is Cc1cc(C2CCCN2C(=O)n2nnn(-c3ccc(Cl)cc3)c2=O)on1. The average Bonchev–Trinajstić information content (AvgIpc) is 3.34. The number of carbonyl (C=O) groups excluding carboxylic acids is 1. The van der Waals surface area contributed by atoms with E-state index in [0.717, 1.165) is 27.9 Å². The molecule has 3 heterocycles. The number of aryl methyl sites for hydroxylation is 1. The Kier molecular flexibility index (Phi) is 4.08. The number of tetrazole rings is 1. The summed E-state index contributed by atoms with van der Waals surface area (Å²) in [5, 5.41) is 11.9. The highest BCUT2D eigenvalue weighted by atomic mass is 35.5. The van der Waals surface area contributed by atoms with Crippen molar-refractivity contribution in [3.8, 4) is 5.69 Å². The van der Waals surface area contributed by atoms with Gasteiger partial charge in [0.15, 0.2) is 5.76 Å². The van der Waals surface area contributed by atoms with E-state index in [1.165, 1.54) is 0 Å². The normalized spacial score (nSPS) is 17.0. The lowest BCUT2D eigenvalue weighted by Crippen LogP contribution is -2.40. The van der Waals surface area contributed by atoms with Gasteiger partial charge in [0.2, 0.25) is 0 Å². The topological polar surface area (TPSA) is 99.1 Å². The highest BCUT2D eigenvalue weighted by Crippen LogP contribution is 2.32. The van der Waals surface area contributed by atoms with Crippen molar-refractivity contribution in [3.63, 3.8) is 0 Å². The maximum Gasteiger partial charge on any atom is 0.377 e. The van der Waals surface area contributed by atoms with E-state index in [1.807, 2.05) is 6.92 Å². The van der Waals surface area contributed by atoms with Crippen LogP contribution in [0.3, 0.4) is 0 Å². The first-order valence-electron chi connectivity index (χ1n) is 8.10. The maximum absolute atomic E-state index is 12.8. The Morgan fingerprint density at radius 2 is 2.04 bits per heavy atom. The number of amides is 1. The Balaban J connectivity index is 1.64. The fraction of sp³-hybridized carbons (Fsp3) is 0.312. The molecule has 1 aliphatic rings. The van der Waals surface area contributed by atoms with Crippen LogP contribution in [0.1, 0.15) is 30.3 Å². The first kappa shape index (κ1) is 16.5. The van der Waals surface area contributed by atoms with Crippen molar-refractivity contribution in [2.24, 2.45) is 0 Å². The van der Waals surface area contributed by atoms with Gasteiger partial charge in [-0.1, -0.05) is 16.8 Å². The molecule has 1 saturated heterocycles. The van der Waals surface area contributed by atoms with Crippen molar-refractivity contribution in [2.45, 2.75) is 25.8 Å². The Bertz CT molecular complexity index is 1010. The molecule has 1 unspecified atom stereocenters. The molecule has 0 spiro atoms. The first-order valence-corrected chi connectivity index (χ1v) is 8.47. The third-order valence-electron chi connectivity index (χ3n) is 4.31. The van der Waals surface area contributed by atoms with Gasteiger partial charge in [-0.3, -0.25) is 0 Å². The number of benzene rings is 1. The van der Waals surface area contributed by atoms with Crippen LogP contribution in [0.5, 0.6) is 0 Å². The van der Waals surface area contributed by atoms with Crippen LogP contribution in [0.15, 0.2) is 39.6 Å². The van der Waals surface area contributed by atoms with Gasteiger partial charge in [0.05, 0.1) is 17.4 Å². The number of aromatic nitrogens is 5. The van der Waals surface area contributed by atoms with Crippen LogP contribution in [0, 0.1) is 6.92 Å². The zero-order chi connectivity index (χ0) is 18.3. The zero-order valence-electron chi connectivity index (χ0n) is 13.9. The molecule has 134 valence electrons. The molecule has 1 atom stereocenters. The number of halogens is 1. The van der Waals surface area contributed by atoms with Gasteiger partial charge in [-0.05, 0) is 54.5 Å². The molecule has 1 aromatic carbocycles. The minimum atomic E-state index is -0.642. The van der Waals surface area contributed by atoms with Crippen molar-refractivity contribution in [3.05, 3.63) is 57.3 Å². The monoisotopic (exact) mass is 374 g/mol. The van der Waals surface area contributed by atoms with Crippen LogP contribution in [0.25, 0.3) is 5.69 Å². The minimum absolute atomic E-state index is 0.267. The van der Waals surface area contributed by atoms with Crippen LogP contribution >= 0.6 is 11.6 Å². The molecule has 2 aromatic heterocycles. The molecule has 26 heavy (non-hydrogen) atoms. The lowest BCUT2D eigenvalue weighted by molar-refractivity contribution is 0.179. The molecule has 0 saturated carbocycles. The summed E-state index contributed by atoms with van der Waals surface area (Å²) in [6.45, 7) is 2.32. The zero-order valence-corrected chi connectivity index (χ0v) is 14.6. The number of hydrogen-bond donors (Lipinski definition) is 0. The fourth-order valence-corrected chi connectivity index (χ4v) is 3.19. The summed E-state index contributed by atoms with van der Waals surface area (Å²) in [6.07, 6.45) is 1.54. The predicted octanol–water partition coefficient (Wildman–Crippen LogP) is 2.18. The highest BCUT2D eigenvalue weighted by molar-refractivity contribution is 6.30. The Morgan fingerprint density at radius 1 is 1.27 bits per heavy atom. The average molecular weight is 375 g/mol. The van der Waals surface area contributed by atoms with E-state index in [-0.39, 0.29) is 6.04 Å². The van der Waals surface area contributed by atoms with Gasteiger partial charge in [0, 0.05) is 17.6 Å². The quantitative estimate of drug-likeness (QED) is 0.637. The molecule has 4 rings (SSSR count). The van der Waals surface area contributed by atoms with Crippen LogP contribution in [0.4, 0.5) is 4.79 Å². The maximum atomic E-state index is 12.8. The van der Waals surface area contributed by atoms with Gasteiger partial charge in [-0.25, -0.2) is 9.59 Å². The molecule has 1 amide bonds. The molecule has 0 N–H and O–H groups in total. The summed E-state index contributed by atoms with van der Waals surface area (Å²) in [5.74, 6) is 0.603. The molecule has 1 fully saturated rings. The summed E-state index contributed by atoms with van der Waals surface area (Å²) in [7, 11) is 0. The molecule has 0 bridgehead atoms. The predicted molar refractivity (Wildman–Crippen MR) is 91.3 cm³/mol. The first-order chi connectivity index (χ1) is 12.5. The second-order valence-corrected chi connectivity index (χ2v) is 6.50. The van der Waals surface area contributed by atoms with Gasteiger partial charge in [0.25, 0.3) is 0 Å². The third kappa shape index (κ3) is 2.80. The Hall–Kier alpha value is -2.94. The lowest BCUT2D eigenvalue weighted by Gasteiger charge is -2.21. The molecule has 10 heteroatoms. The van der Waals surface area contributed by atoms with Gasteiger partial charge < -0.3 is 9.42 Å². The van der Waals surface area contributed by atoms with Crippen LogP contribution in [-0.4, -0.2) is 42.4 Å². The number of rotatable bonds is 2. The van der Waals surface area contributed by atoms with Gasteiger partial charge >= 0.3 is 11.7 Å². The fourth-order valence-electron chi connectivity index (χ4n) is 3.06.